The van der Waals surface area contributed by atoms with E-state index in [4.69, 9.17) is 5.73 Å². The van der Waals surface area contributed by atoms with E-state index in [1.54, 1.807) is 25.3 Å². The second-order valence-electron chi connectivity index (χ2n) is 8.53. The number of anilines is 1. The van der Waals surface area contributed by atoms with Gasteiger partial charge in [0.05, 0.1) is 0 Å². The number of amides is 2. The third-order valence-electron chi connectivity index (χ3n) is 6.30. The Morgan fingerprint density at radius 1 is 1.09 bits per heavy atom. The predicted octanol–water partition coefficient (Wildman–Crippen LogP) is 4.30. The number of nitrogens with one attached hydrogen (secondary N) is 1. The standard InChI is InChI=1S/C26H30N4O2/c1-18(31)30(22-10-6-3-7-11-22)24(16-19-8-4-2-5-9-19)29-26(32)21-13-12-20-14-15-28-25(27)23(20)17-21/h2,4-5,8-9,12-15,17,22,24H,3,6-7,10-11,16H2,1H3,(H2,27,28)(H,29,32)/t24-/m1/s1. The Labute approximate surface area is 188 Å². The summed E-state index contributed by atoms with van der Waals surface area (Å²) in [5.74, 6) is 0.161. The van der Waals surface area contributed by atoms with E-state index in [0.29, 0.717) is 17.8 Å². The molecule has 1 heterocycles. The number of rotatable bonds is 6. The van der Waals surface area contributed by atoms with Gasteiger partial charge in [0.25, 0.3) is 5.91 Å². The molecule has 32 heavy (non-hydrogen) atoms. The number of hydrogen-bond donors (Lipinski definition) is 2. The van der Waals surface area contributed by atoms with Gasteiger partial charge in [-0.05, 0) is 42.0 Å². The molecular formula is C26H30N4O2. The van der Waals surface area contributed by atoms with Crippen LogP contribution in [0.2, 0.25) is 0 Å². The normalized spacial score (nSPS) is 15.3. The SMILES string of the molecule is CC(=O)N(C1CCCCC1)[C@H](Cc1ccccc1)NC(=O)c1ccc2ccnc(N)c2c1. The number of nitrogen functional groups attached to an aromatic ring is 1. The number of pyridine rings is 1. The molecule has 1 fully saturated rings. The first kappa shape index (κ1) is 21.8. The van der Waals surface area contributed by atoms with Crippen LogP contribution in [0.4, 0.5) is 5.82 Å². The lowest BCUT2D eigenvalue weighted by atomic mass is 9.93. The van der Waals surface area contributed by atoms with E-state index in [1.807, 2.05) is 47.4 Å². The van der Waals surface area contributed by atoms with Crippen LogP contribution >= 0.6 is 0 Å². The van der Waals surface area contributed by atoms with Gasteiger partial charge in [0, 0.05) is 36.5 Å². The van der Waals surface area contributed by atoms with E-state index in [2.05, 4.69) is 10.3 Å². The Bertz CT molecular complexity index is 1090. The topological polar surface area (TPSA) is 88.3 Å². The highest BCUT2D eigenvalue weighted by Crippen LogP contribution is 2.26. The first-order valence-electron chi connectivity index (χ1n) is 11.3. The molecule has 0 saturated heterocycles. The molecule has 166 valence electrons. The largest absolute Gasteiger partial charge is 0.383 e. The molecule has 0 aliphatic heterocycles. The van der Waals surface area contributed by atoms with Gasteiger partial charge in [-0.2, -0.15) is 0 Å². The Kier molecular flexibility index (Phi) is 6.69. The fourth-order valence-corrected chi connectivity index (χ4v) is 4.71. The summed E-state index contributed by atoms with van der Waals surface area (Å²) in [4.78, 5) is 32.1. The number of aromatic nitrogens is 1. The van der Waals surface area contributed by atoms with Crippen molar-refractivity contribution in [1.29, 1.82) is 0 Å². The Morgan fingerprint density at radius 2 is 1.84 bits per heavy atom. The highest BCUT2D eigenvalue weighted by molar-refractivity contribution is 6.01. The Balaban J connectivity index is 1.63. The summed E-state index contributed by atoms with van der Waals surface area (Å²) in [6.45, 7) is 1.60. The van der Waals surface area contributed by atoms with E-state index < -0.39 is 6.17 Å². The summed E-state index contributed by atoms with van der Waals surface area (Å²) < 4.78 is 0. The van der Waals surface area contributed by atoms with E-state index in [0.717, 1.165) is 42.0 Å². The van der Waals surface area contributed by atoms with Crippen molar-refractivity contribution < 1.29 is 9.59 Å². The maximum absolute atomic E-state index is 13.3. The molecule has 1 atom stereocenters. The van der Waals surface area contributed by atoms with Gasteiger partial charge in [-0.3, -0.25) is 9.59 Å². The zero-order chi connectivity index (χ0) is 22.5. The molecule has 2 amide bonds. The van der Waals surface area contributed by atoms with Crippen LogP contribution in [0.15, 0.2) is 60.8 Å². The maximum Gasteiger partial charge on any atom is 0.252 e. The lowest BCUT2D eigenvalue weighted by molar-refractivity contribution is -0.135. The molecule has 1 aliphatic carbocycles. The van der Waals surface area contributed by atoms with Gasteiger partial charge in [-0.1, -0.05) is 55.7 Å². The van der Waals surface area contributed by atoms with Gasteiger partial charge in [0.2, 0.25) is 5.91 Å². The minimum atomic E-state index is -0.424. The van der Waals surface area contributed by atoms with Gasteiger partial charge >= 0.3 is 0 Å². The van der Waals surface area contributed by atoms with E-state index in [9.17, 15) is 9.59 Å². The van der Waals surface area contributed by atoms with Crippen LogP contribution in [-0.2, 0) is 11.2 Å². The molecule has 0 bridgehead atoms. The fraction of sp³-hybridized carbons (Fsp3) is 0.346. The molecule has 4 rings (SSSR count). The zero-order valence-electron chi connectivity index (χ0n) is 18.5. The molecule has 1 saturated carbocycles. The summed E-state index contributed by atoms with van der Waals surface area (Å²) in [5.41, 5.74) is 7.60. The number of carbonyl (C=O) groups excluding carboxylic acids is 2. The molecule has 1 aliphatic rings. The van der Waals surface area contributed by atoms with Crippen molar-refractivity contribution >= 4 is 28.4 Å². The van der Waals surface area contributed by atoms with Gasteiger partial charge in [0.15, 0.2) is 0 Å². The third-order valence-corrected chi connectivity index (χ3v) is 6.30. The van der Waals surface area contributed by atoms with Gasteiger partial charge < -0.3 is 16.0 Å². The first-order chi connectivity index (χ1) is 15.5. The third kappa shape index (κ3) is 4.90. The number of nitrogens with zero attached hydrogens (tertiary/aromatic N) is 2. The molecule has 1 aromatic heterocycles. The summed E-state index contributed by atoms with van der Waals surface area (Å²) in [6, 6.07) is 17.4. The number of hydrogen-bond acceptors (Lipinski definition) is 4. The van der Waals surface area contributed by atoms with Crippen LogP contribution in [0.25, 0.3) is 10.8 Å². The smallest absolute Gasteiger partial charge is 0.252 e. The second kappa shape index (κ2) is 9.81. The summed E-state index contributed by atoms with van der Waals surface area (Å²) in [6.07, 6.45) is 7.15. The van der Waals surface area contributed by atoms with Gasteiger partial charge in [-0.15, -0.1) is 0 Å². The van der Waals surface area contributed by atoms with Crippen molar-refractivity contribution in [2.75, 3.05) is 5.73 Å². The highest BCUT2D eigenvalue weighted by Gasteiger charge is 2.31. The summed E-state index contributed by atoms with van der Waals surface area (Å²) >= 11 is 0. The molecule has 0 radical (unpaired) electrons. The minimum absolute atomic E-state index is 0.00918. The highest BCUT2D eigenvalue weighted by atomic mass is 16.2. The summed E-state index contributed by atoms with van der Waals surface area (Å²) in [5, 5.41) is 4.83. The van der Waals surface area contributed by atoms with Crippen LogP contribution in [0, 0.1) is 0 Å². The fourth-order valence-electron chi connectivity index (χ4n) is 4.71. The van der Waals surface area contributed by atoms with Crippen molar-refractivity contribution in [3.8, 4) is 0 Å². The molecule has 3 aromatic rings. The summed E-state index contributed by atoms with van der Waals surface area (Å²) in [7, 11) is 0. The minimum Gasteiger partial charge on any atom is -0.383 e. The van der Waals surface area contributed by atoms with Crippen LogP contribution in [0.5, 0.6) is 0 Å². The molecule has 0 spiro atoms. The monoisotopic (exact) mass is 430 g/mol. The second-order valence-corrected chi connectivity index (χ2v) is 8.53. The lowest BCUT2D eigenvalue weighted by Gasteiger charge is -2.40. The van der Waals surface area contributed by atoms with Crippen LogP contribution in [0.3, 0.4) is 0 Å². The van der Waals surface area contributed by atoms with Crippen molar-refractivity contribution in [2.24, 2.45) is 0 Å². The van der Waals surface area contributed by atoms with Gasteiger partial charge in [0.1, 0.15) is 12.0 Å². The first-order valence-corrected chi connectivity index (χ1v) is 11.3. The molecule has 0 unspecified atom stereocenters. The number of benzene rings is 2. The van der Waals surface area contributed by atoms with Crippen molar-refractivity contribution in [3.05, 3.63) is 71.9 Å². The predicted molar refractivity (Wildman–Crippen MR) is 127 cm³/mol. The molecule has 6 heteroatoms. The van der Waals surface area contributed by atoms with Gasteiger partial charge in [-0.25, -0.2) is 4.98 Å². The number of nitrogens with two attached hydrogens (primary N) is 1. The van der Waals surface area contributed by atoms with Crippen LogP contribution in [-0.4, -0.2) is 33.9 Å². The van der Waals surface area contributed by atoms with Crippen molar-refractivity contribution in [2.45, 2.75) is 57.7 Å². The number of carbonyl (C=O) groups is 2. The van der Waals surface area contributed by atoms with Crippen LogP contribution in [0.1, 0.15) is 54.9 Å². The Hall–Kier alpha value is -3.41. The zero-order valence-corrected chi connectivity index (χ0v) is 18.5. The van der Waals surface area contributed by atoms with E-state index in [1.165, 1.54) is 6.42 Å². The molecule has 3 N–H and O–H groups in total. The van der Waals surface area contributed by atoms with E-state index in [-0.39, 0.29) is 17.9 Å². The number of fused-ring (bicyclic) bond motifs is 1. The quantitative estimate of drug-likeness (QED) is 0.571. The van der Waals surface area contributed by atoms with Crippen molar-refractivity contribution in [3.63, 3.8) is 0 Å². The molecule has 6 nitrogen and oxygen atoms in total. The molecular weight excluding hydrogens is 400 g/mol. The van der Waals surface area contributed by atoms with Crippen LogP contribution < -0.4 is 11.1 Å². The maximum atomic E-state index is 13.3. The van der Waals surface area contributed by atoms with Crippen molar-refractivity contribution in [1.82, 2.24) is 15.2 Å². The average Bonchev–Trinajstić information content (AvgIpc) is 2.80. The lowest BCUT2D eigenvalue weighted by Crippen LogP contribution is -2.56. The average molecular weight is 431 g/mol. The van der Waals surface area contributed by atoms with E-state index >= 15 is 0 Å². The Morgan fingerprint density at radius 3 is 2.56 bits per heavy atom. The molecule has 2 aromatic carbocycles.